The quantitative estimate of drug-likeness (QED) is 0.172. The molecule has 0 aliphatic rings. The summed E-state index contributed by atoms with van der Waals surface area (Å²) in [5.74, 6) is 0. The third kappa shape index (κ3) is 4.23. The molecule has 0 unspecified atom stereocenters. The van der Waals surface area contributed by atoms with Gasteiger partial charge in [-0.15, -0.1) is 0 Å². The van der Waals surface area contributed by atoms with Gasteiger partial charge in [-0.1, -0.05) is 121 Å². The number of hydrogen-bond donors (Lipinski definition) is 0. The minimum absolute atomic E-state index is 0.995. The van der Waals surface area contributed by atoms with E-state index in [1.165, 1.54) is 71.2 Å². The zero-order chi connectivity index (χ0) is 34.2. The van der Waals surface area contributed by atoms with Crippen LogP contribution in [0.1, 0.15) is 0 Å². The molecule has 0 saturated carbocycles. The van der Waals surface area contributed by atoms with E-state index in [-0.39, 0.29) is 0 Å². The lowest BCUT2D eigenvalue weighted by Gasteiger charge is -2.13. The molecule has 11 aromatic rings. The van der Waals surface area contributed by atoms with Crippen LogP contribution < -0.4 is 0 Å². The second-order valence-corrected chi connectivity index (χ2v) is 13.5. The highest BCUT2D eigenvalue weighted by Crippen LogP contribution is 2.43. The highest BCUT2D eigenvalue weighted by Gasteiger charge is 2.20. The van der Waals surface area contributed by atoms with Crippen LogP contribution in [0.3, 0.4) is 0 Å². The van der Waals surface area contributed by atoms with Crippen LogP contribution in [-0.2, 0) is 0 Å². The number of fused-ring (bicyclic) bond motifs is 10. The highest BCUT2D eigenvalue weighted by atomic mass is 15.0. The van der Waals surface area contributed by atoms with Crippen molar-refractivity contribution in [2.24, 2.45) is 0 Å². The van der Waals surface area contributed by atoms with Crippen molar-refractivity contribution in [2.45, 2.75) is 0 Å². The largest absolute Gasteiger partial charge is 0.309 e. The molecular weight excluding hydrogens is 631 g/mol. The molecule has 3 heteroatoms. The van der Waals surface area contributed by atoms with Crippen LogP contribution in [0.15, 0.2) is 188 Å². The van der Waals surface area contributed by atoms with E-state index in [0.29, 0.717) is 0 Å². The molecule has 52 heavy (non-hydrogen) atoms. The molecule has 8 aromatic carbocycles. The zero-order valence-electron chi connectivity index (χ0n) is 28.2. The second kappa shape index (κ2) is 11.3. The minimum atomic E-state index is 0.995. The maximum absolute atomic E-state index is 5.38. The average molecular weight is 662 g/mol. The van der Waals surface area contributed by atoms with Gasteiger partial charge in [0.05, 0.1) is 33.3 Å². The molecule has 0 radical (unpaired) electrons. The smallest absolute Gasteiger partial charge is 0.0788 e. The topological polar surface area (TPSA) is 22.8 Å². The molecule has 0 fully saturated rings. The van der Waals surface area contributed by atoms with Crippen molar-refractivity contribution in [1.82, 2.24) is 14.1 Å². The summed E-state index contributed by atoms with van der Waals surface area (Å²) in [7, 11) is 0. The lowest BCUT2D eigenvalue weighted by molar-refractivity contribution is 1.18. The van der Waals surface area contributed by atoms with E-state index >= 15 is 0 Å². The summed E-state index contributed by atoms with van der Waals surface area (Å²) in [4.78, 5) is 5.38. The molecule has 0 aliphatic heterocycles. The molecule has 0 atom stereocenters. The Morgan fingerprint density at radius 2 is 0.865 bits per heavy atom. The second-order valence-electron chi connectivity index (χ2n) is 13.5. The Kier molecular flexibility index (Phi) is 6.25. The van der Waals surface area contributed by atoms with E-state index in [2.05, 4.69) is 197 Å². The summed E-state index contributed by atoms with van der Waals surface area (Å²) in [5.41, 5.74) is 12.6. The van der Waals surface area contributed by atoms with Gasteiger partial charge in [0.15, 0.2) is 0 Å². The van der Waals surface area contributed by atoms with Crippen molar-refractivity contribution >= 4 is 65.3 Å². The van der Waals surface area contributed by atoms with Crippen LogP contribution in [0, 0.1) is 0 Å². The molecule has 0 bridgehead atoms. The first kappa shape index (κ1) is 28.8. The van der Waals surface area contributed by atoms with Crippen molar-refractivity contribution in [1.29, 1.82) is 0 Å². The molecule has 11 rings (SSSR count). The van der Waals surface area contributed by atoms with Crippen LogP contribution in [0.25, 0.3) is 99.0 Å². The minimum Gasteiger partial charge on any atom is -0.309 e. The maximum atomic E-state index is 5.38. The van der Waals surface area contributed by atoms with Gasteiger partial charge in [-0.2, -0.15) is 0 Å². The van der Waals surface area contributed by atoms with Crippen LogP contribution in [0.5, 0.6) is 0 Å². The first-order valence-electron chi connectivity index (χ1n) is 17.8. The Labute approximate surface area is 300 Å². The molecule has 0 amide bonds. The molecule has 3 aromatic heterocycles. The van der Waals surface area contributed by atoms with Crippen LogP contribution in [0.2, 0.25) is 0 Å². The van der Waals surface area contributed by atoms with Crippen molar-refractivity contribution in [3.05, 3.63) is 188 Å². The molecular formula is C49H31N3. The molecule has 0 aliphatic carbocycles. The normalized spacial score (nSPS) is 11.8. The van der Waals surface area contributed by atoms with E-state index in [0.717, 1.165) is 27.8 Å². The fourth-order valence-electron chi connectivity index (χ4n) is 8.43. The number of nitrogens with zero attached hydrogens (tertiary/aromatic N) is 3. The fourth-order valence-corrected chi connectivity index (χ4v) is 8.43. The summed E-state index contributed by atoms with van der Waals surface area (Å²) in [6.07, 6.45) is 0. The lowest BCUT2D eigenvalue weighted by atomic mass is 9.94. The monoisotopic (exact) mass is 661 g/mol. The van der Waals surface area contributed by atoms with Gasteiger partial charge in [0.1, 0.15) is 0 Å². The third-order valence-corrected chi connectivity index (χ3v) is 10.7. The molecule has 3 nitrogen and oxygen atoms in total. The summed E-state index contributed by atoms with van der Waals surface area (Å²) in [6, 6.07) is 67.7. The van der Waals surface area contributed by atoms with Gasteiger partial charge in [-0.3, -0.25) is 0 Å². The number of rotatable bonds is 4. The maximum Gasteiger partial charge on any atom is 0.0788 e. The number of aromatic nitrogens is 3. The first-order valence-corrected chi connectivity index (χ1v) is 17.8. The van der Waals surface area contributed by atoms with Gasteiger partial charge in [0, 0.05) is 54.6 Å². The Hall–Kier alpha value is -6.97. The van der Waals surface area contributed by atoms with E-state index in [9.17, 15) is 0 Å². The Morgan fingerprint density at radius 1 is 0.308 bits per heavy atom. The Morgan fingerprint density at radius 3 is 1.63 bits per heavy atom. The van der Waals surface area contributed by atoms with Crippen molar-refractivity contribution in [2.75, 3.05) is 0 Å². The van der Waals surface area contributed by atoms with Crippen molar-refractivity contribution in [3.63, 3.8) is 0 Å². The Balaban J connectivity index is 1.15. The van der Waals surface area contributed by atoms with Gasteiger partial charge in [0.25, 0.3) is 0 Å². The van der Waals surface area contributed by atoms with E-state index < -0.39 is 0 Å². The number of para-hydroxylation sites is 5. The van der Waals surface area contributed by atoms with Gasteiger partial charge in [-0.05, 0) is 77.9 Å². The summed E-state index contributed by atoms with van der Waals surface area (Å²) >= 11 is 0. The third-order valence-electron chi connectivity index (χ3n) is 10.7. The SMILES string of the molecule is c1ccc(-n2c3ccccc3c3cc(-c4cccc(-c5nc6ccccc6c6c5ccc5c6c6ccccc6n5-c5ccccc5)c4)ccc32)cc1. The van der Waals surface area contributed by atoms with E-state index in [4.69, 9.17) is 4.98 Å². The number of hydrogen-bond acceptors (Lipinski definition) is 1. The molecule has 0 saturated heterocycles. The predicted molar refractivity (Wildman–Crippen MR) is 219 cm³/mol. The fraction of sp³-hybridized carbons (Fsp3) is 0. The summed E-state index contributed by atoms with van der Waals surface area (Å²) < 4.78 is 4.76. The number of benzene rings is 8. The molecule has 0 spiro atoms. The van der Waals surface area contributed by atoms with Gasteiger partial charge in [-0.25, -0.2) is 4.98 Å². The van der Waals surface area contributed by atoms with Gasteiger partial charge in [0.2, 0.25) is 0 Å². The molecule has 3 heterocycles. The first-order chi connectivity index (χ1) is 25.8. The van der Waals surface area contributed by atoms with Gasteiger partial charge >= 0.3 is 0 Å². The van der Waals surface area contributed by atoms with Crippen LogP contribution in [0.4, 0.5) is 0 Å². The predicted octanol–water partition coefficient (Wildman–Crippen LogP) is 12.9. The Bertz CT molecular complexity index is 3170. The summed E-state index contributed by atoms with van der Waals surface area (Å²) in [6.45, 7) is 0. The summed E-state index contributed by atoms with van der Waals surface area (Å²) in [5, 5.41) is 8.55. The lowest BCUT2D eigenvalue weighted by Crippen LogP contribution is -1.94. The standard InChI is InChI=1S/C49H31N3/c1-3-16-35(17-4-1)51-43-24-11-8-20-37(43)41-31-33(26-28-45(41)51)32-14-13-15-34(30-32)49-40-27-29-46-48(47(40)38-21-7-10-23-42(38)50-49)39-22-9-12-25-44(39)52(46)36-18-5-2-6-19-36/h1-31H. The van der Waals surface area contributed by atoms with Crippen molar-refractivity contribution < 1.29 is 0 Å². The molecule has 0 N–H and O–H groups in total. The zero-order valence-corrected chi connectivity index (χ0v) is 28.2. The average Bonchev–Trinajstić information content (AvgIpc) is 3.74. The van der Waals surface area contributed by atoms with E-state index in [1.807, 2.05) is 0 Å². The van der Waals surface area contributed by atoms with Crippen molar-refractivity contribution in [3.8, 4) is 33.8 Å². The van der Waals surface area contributed by atoms with Crippen LogP contribution in [-0.4, -0.2) is 14.1 Å². The van der Waals surface area contributed by atoms with Gasteiger partial charge < -0.3 is 9.13 Å². The number of pyridine rings is 1. The highest BCUT2D eigenvalue weighted by molar-refractivity contribution is 6.29. The van der Waals surface area contributed by atoms with Crippen LogP contribution >= 0.6 is 0 Å². The van der Waals surface area contributed by atoms with E-state index in [1.54, 1.807) is 0 Å². The molecule has 242 valence electrons.